The van der Waals surface area contributed by atoms with E-state index in [4.69, 9.17) is 11.6 Å². The molecule has 26 heavy (non-hydrogen) atoms. The first kappa shape index (κ1) is 17.0. The van der Waals surface area contributed by atoms with Gasteiger partial charge in [-0.3, -0.25) is 5.10 Å². The summed E-state index contributed by atoms with van der Waals surface area (Å²) in [4.78, 5) is 0. The minimum absolute atomic E-state index is 0.0279. The smallest absolute Gasteiger partial charge is 0.214 e. The van der Waals surface area contributed by atoms with Gasteiger partial charge in [0.25, 0.3) is 0 Å². The van der Waals surface area contributed by atoms with Crippen LogP contribution in [0.2, 0.25) is 5.02 Å². The zero-order valence-electron chi connectivity index (χ0n) is 14.3. The molecule has 1 aromatic heterocycles. The Morgan fingerprint density at radius 1 is 1.23 bits per heavy atom. The average molecular weight is 396 g/mol. The minimum Gasteiger partial charge on any atom is -0.385 e. The number of hydrogen-bond acceptors (Lipinski definition) is 4. The van der Waals surface area contributed by atoms with E-state index in [9.17, 15) is 13.5 Å². The van der Waals surface area contributed by atoms with Gasteiger partial charge in [-0.15, -0.1) is 0 Å². The molecule has 0 aliphatic heterocycles. The maximum Gasteiger partial charge on any atom is 0.214 e. The number of nitrogens with one attached hydrogen (secondary N) is 2. The molecule has 1 heterocycles. The average Bonchev–Trinajstić information content (AvgIpc) is 3.13. The summed E-state index contributed by atoms with van der Waals surface area (Å²) >= 11 is 6.21. The number of H-pyrrole nitrogens is 1. The molecule has 2 aromatic rings. The van der Waals surface area contributed by atoms with E-state index in [0.717, 1.165) is 42.1 Å². The molecule has 0 radical (unpaired) electrons. The SMILES string of the molecule is O=S(=O)(N[C@@H]1[C@@H]2C[C@@](O)(c3cc(Cl)cc4[nH]ncc34)C[C@@H]21)C1CCCC1. The molecule has 0 unspecified atom stereocenters. The predicted molar refractivity (Wildman–Crippen MR) is 99.3 cm³/mol. The summed E-state index contributed by atoms with van der Waals surface area (Å²) in [5.74, 6) is 0.384. The number of benzene rings is 1. The van der Waals surface area contributed by atoms with Crippen LogP contribution in [-0.4, -0.2) is 35.0 Å². The lowest BCUT2D eigenvalue weighted by atomic mass is 9.86. The molecule has 0 saturated heterocycles. The normalized spacial score (nSPS) is 34.5. The second-order valence-electron chi connectivity index (χ2n) is 8.15. The van der Waals surface area contributed by atoms with E-state index < -0.39 is 15.6 Å². The van der Waals surface area contributed by atoms with Crippen LogP contribution < -0.4 is 4.72 Å². The van der Waals surface area contributed by atoms with Gasteiger partial charge in [0.2, 0.25) is 10.0 Å². The highest BCUT2D eigenvalue weighted by Crippen LogP contribution is 2.60. The molecule has 5 rings (SSSR count). The van der Waals surface area contributed by atoms with Crippen LogP contribution in [0.5, 0.6) is 0 Å². The van der Waals surface area contributed by atoms with Crippen LogP contribution >= 0.6 is 11.6 Å². The van der Waals surface area contributed by atoms with Crippen molar-refractivity contribution in [3.8, 4) is 0 Å². The monoisotopic (exact) mass is 395 g/mol. The zero-order chi connectivity index (χ0) is 18.1. The maximum atomic E-state index is 12.5. The van der Waals surface area contributed by atoms with Gasteiger partial charge in [-0.25, -0.2) is 13.1 Å². The van der Waals surface area contributed by atoms with Gasteiger partial charge in [-0.2, -0.15) is 5.10 Å². The molecule has 140 valence electrons. The standard InChI is InChI=1S/C18H22ClN3O3S/c19-10-5-15(14-9-20-21-16(14)6-10)18(23)7-12-13(8-18)17(12)22-26(24,25)11-3-1-2-4-11/h5-6,9,11-13,17,22-23H,1-4,7-8H2,(H,20,21)/t12-,13+,17-,18+. The highest BCUT2D eigenvalue weighted by molar-refractivity contribution is 7.90. The van der Waals surface area contributed by atoms with Crippen molar-refractivity contribution in [2.45, 2.75) is 55.4 Å². The topological polar surface area (TPSA) is 95.1 Å². The highest BCUT2D eigenvalue weighted by Gasteiger charge is 2.63. The molecular formula is C18H22ClN3O3S. The molecule has 0 bridgehead atoms. The zero-order valence-corrected chi connectivity index (χ0v) is 15.9. The van der Waals surface area contributed by atoms with Crippen LogP contribution in [0, 0.1) is 11.8 Å². The van der Waals surface area contributed by atoms with Gasteiger partial charge in [0.05, 0.1) is 22.6 Å². The summed E-state index contributed by atoms with van der Waals surface area (Å²) in [5, 5.41) is 19.4. The van der Waals surface area contributed by atoms with Gasteiger partial charge in [0, 0.05) is 16.5 Å². The molecule has 8 heteroatoms. The lowest BCUT2D eigenvalue weighted by Gasteiger charge is -2.27. The number of sulfonamides is 1. The lowest BCUT2D eigenvalue weighted by Crippen LogP contribution is -2.38. The van der Waals surface area contributed by atoms with Gasteiger partial charge in [-0.05, 0) is 55.2 Å². The number of rotatable bonds is 4. The van der Waals surface area contributed by atoms with Crippen molar-refractivity contribution in [2.75, 3.05) is 0 Å². The Balaban J connectivity index is 1.34. The largest absolute Gasteiger partial charge is 0.385 e. The Morgan fingerprint density at radius 2 is 1.92 bits per heavy atom. The molecule has 3 saturated carbocycles. The number of fused-ring (bicyclic) bond motifs is 2. The maximum absolute atomic E-state index is 12.5. The Bertz CT molecular complexity index is 955. The second-order valence-corrected chi connectivity index (χ2v) is 10.6. The van der Waals surface area contributed by atoms with Crippen molar-refractivity contribution in [2.24, 2.45) is 11.8 Å². The first-order valence-electron chi connectivity index (χ1n) is 9.24. The molecule has 6 nitrogen and oxygen atoms in total. The molecule has 3 aliphatic carbocycles. The summed E-state index contributed by atoms with van der Waals surface area (Å²) in [6, 6.07) is 3.58. The van der Waals surface area contributed by atoms with E-state index in [1.807, 2.05) is 6.07 Å². The third kappa shape index (κ3) is 2.59. The molecular weight excluding hydrogens is 374 g/mol. The number of aromatic amines is 1. The Labute approximate surface area is 157 Å². The Hall–Kier alpha value is -1.15. The summed E-state index contributed by atoms with van der Waals surface area (Å²) in [6.07, 6.45) is 6.34. The van der Waals surface area contributed by atoms with Gasteiger partial charge >= 0.3 is 0 Å². The van der Waals surface area contributed by atoms with Crippen molar-refractivity contribution in [1.29, 1.82) is 0 Å². The molecule has 0 spiro atoms. The third-order valence-corrected chi connectivity index (χ3v) is 8.71. The van der Waals surface area contributed by atoms with Crippen molar-refractivity contribution < 1.29 is 13.5 Å². The van der Waals surface area contributed by atoms with Crippen LogP contribution in [0.15, 0.2) is 18.3 Å². The van der Waals surface area contributed by atoms with Gasteiger partial charge in [0.1, 0.15) is 0 Å². The third-order valence-electron chi connectivity index (χ3n) is 6.54. The number of nitrogens with zero attached hydrogens (tertiary/aromatic N) is 1. The summed E-state index contributed by atoms with van der Waals surface area (Å²) in [7, 11) is -3.24. The van der Waals surface area contributed by atoms with Crippen molar-refractivity contribution >= 4 is 32.5 Å². The molecule has 3 N–H and O–H groups in total. The Kier molecular flexibility index (Phi) is 3.71. The Morgan fingerprint density at radius 3 is 2.62 bits per heavy atom. The van der Waals surface area contributed by atoms with Crippen LogP contribution in [0.4, 0.5) is 0 Å². The minimum atomic E-state index is -3.24. The quantitative estimate of drug-likeness (QED) is 0.741. The molecule has 3 fully saturated rings. The fourth-order valence-electron chi connectivity index (χ4n) is 5.15. The van der Waals surface area contributed by atoms with E-state index >= 15 is 0 Å². The number of aromatic nitrogens is 2. The highest BCUT2D eigenvalue weighted by atomic mass is 35.5. The number of halogens is 1. The van der Waals surface area contributed by atoms with Crippen LogP contribution in [0.3, 0.4) is 0 Å². The summed E-state index contributed by atoms with van der Waals surface area (Å²) < 4.78 is 28.0. The van der Waals surface area contributed by atoms with Crippen molar-refractivity contribution in [3.05, 3.63) is 28.9 Å². The van der Waals surface area contributed by atoms with Gasteiger partial charge in [0.15, 0.2) is 0 Å². The van der Waals surface area contributed by atoms with Crippen molar-refractivity contribution in [1.82, 2.24) is 14.9 Å². The van der Waals surface area contributed by atoms with E-state index in [-0.39, 0.29) is 23.1 Å². The van der Waals surface area contributed by atoms with Crippen LogP contribution in [0.1, 0.15) is 44.1 Å². The van der Waals surface area contributed by atoms with E-state index in [1.165, 1.54) is 0 Å². The predicted octanol–water partition coefficient (Wildman–Crippen LogP) is 2.67. The first-order chi connectivity index (χ1) is 12.4. The van der Waals surface area contributed by atoms with Crippen LogP contribution in [0.25, 0.3) is 10.9 Å². The van der Waals surface area contributed by atoms with Gasteiger partial charge in [-0.1, -0.05) is 24.4 Å². The molecule has 3 aliphatic rings. The fraction of sp³-hybridized carbons (Fsp3) is 0.611. The van der Waals surface area contributed by atoms with Crippen LogP contribution in [-0.2, 0) is 15.6 Å². The fourth-order valence-corrected chi connectivity index (χ4v) is 7.24. The molecule has 0 amide bonds. The second kappa shape index (κ2) is 5.67. The molecule has 4 atom stereocenters. The lowest BCUT2D eigenvalue weighted by molar-refractivity contribution is 0.0303. The van der Waals surface area contributed by atoms with Crippen molar-refractivity contribution in [3.63, 3.8) is 0 Å². The van der Waals surface area contributed by atoms with Gasteiger partial charge < -0.3 is 5.11 Å². The first-order valence-corrected chi connectivity index (χ1v) is 11.2. The number of aliphatic hydroxyl groups is 1. The summed E-state index contributed by atoms with van der Waals surface area (Å²) in [5.41, 5.74) is 0.621. The van der Waals surface area contributed by atoms with E-state index in [2.05, 4.69) is 14.9 Å². The van der Waals surface area contributed by atoms with E-state index in [1.54, 1.807) is 12.3 Å². The summed E-state index contributed by atoms with van der Waals surface area (Å²) in [6.45, 7) is 0. The molecule has 1 aromatic carbocycles. The van der Waals surface area contributed by atoms with E-state index in [0.29, 0.717) is 17.9 Å². The number of hydrogen-bond donors (Lipinski definition) is 3.